The molecule has 0 aliphatic carbocycles. The summed E-state index contributed by atoms with van der Waals surface area (Å²) >= 11 is 0. The van der Waals surface area contributed by atoms with Gasteiger partial charge >= 0.3 is 0 Å². The largest absolute Gasteiger partial charge is 0.459 e. The average molecular weight is 351 g/mol. The minimum absolute atomic E-state index is 0.1000. The van der Waals surface area contributed by atoms with Crippen LogP contribution in [0.15, 0.2) is 47.1 Å². The van der Waals surface area contributed by atoms with Crippen molar-refractivity contribution in [3.8, 4) is 0 Å². The Morgan fingerprint density at radius 1 is 1.04 bits per heavy atom. The number of H-pyrrole nitrogens is 1. The number of para-hydroxylation sites is 1. The molecule has 2 amide bonds. The topological polar surface area (TPSA) is 69.6 Å². The molecule has 0 spiro atoms. The molecular formula is C20H21N3O3. The molecule has 0 radical (unpaired) electrons. The van der Waals surface area contributed by atoms with Crippen LogP contribution in [0.3, 0.4) is 0 Å². The second-order valence-electron chi connectivity index (χ2n) is 6.60. The monoisotopic (exact) mass is 351 g/mol. The number of furan rings is 1. The lowest BCUT2D eigenvalue weighted by Crippen LogP contribution is -2.50. The van der Waals surface area contributed by atoms with E-state index >= 15 is 0 Å². The Bertz CT molecular complexity index is 935. The van der Waals surface area contributed by atoms with E-state index in [4.69, 9.17) is 4.42 Å². The second-order valence-corrected chi connectivity index (χ2v) is 6.60. The molecule has 6 heteroatoms. The number of hydrogen-bond donors (Lipinski definition) is 1. The smallest absolute Gasteiger partial charge is 0.289 e. The summed E-state index contributed by atoms with van der Waals surface area (Å²) < 4.78 is 5.17. The molecule has 0 saturated carbocycles. The van der Waals surface area contributed by atoms with Crippen LogP contribution in [0.1, 0.15) is 21.8 Å². The molecule has 6 nitrogen and oxygen atoms in total. The standard InChI is InChI=1S/C20H21N3O3/c1-14-16(15-5-2-3-6-17(15)21-14)13-19(24)22-8-10-23(11-9-22)20(25)18-7-4-12-26-18/h2-7,12,21H,8-11,13H2,1H3. The minimum atomic E-state index is -0.116. The molecule has 1 N–H and O–H groups in total. The molecule has 2 aromatic heterocycles. The van der Waals surface area contributed by atoms with Crippen molar-refractivity contribution in [3.05, 3.63) is 59.7 Å². The highest BCUT2D eigenvalue weighted by Gasteiger charge is 2.26. The first-order valence-corrected chi connectivity index (χ1v) is 8.80. The third kappa shape index (κ3) is 2.98. The third-order valence-electron chi connectivity index (χ3n) is 5.01. The highest BCUT2D eigenvalue weighted by molar-refractivity contribution is 5.92. The number of nitrogens with zero attached hydrogens (tertiary/aromatic N) is 2. The van der Waals surface area contributed by atoms with Crippen molar-refractivity contribution in [1.29, 1.82) is 0 Å². The summed E-state index contributed by atoms with van der Waals surface area (Å²) in [5.41, 5.74) is 3.15. The van der Waals surface area contributed by atoms with Gasteiger partial charge in [-0.25, -0.2) is 0 Å². The first kappa shape index (κ1) is 16.4. The number of rotatable bonds is 3. The number of aryl methyl sites for hydroxylation is 1. The van der Waals surface area contributed by atoms with Gasteiger partial charge in [0.25, 0.3) is 5.91 Å². The van der Waals surface area contributed by atoms with Gasteiger partial charge in [0, 0.05) is 42.8 Å². The van der Waals surface area contributed by atoms with Crippen LogP contribution in [0.5, 0.6) is 0 Å². The molecule has 1 aliphatic rings. The van der Waals surface area contributed by atoms with Crippen molar-refractivity contribution in [2.75, 3.05) is 26.2 Å². The maximum atomic E-state index is 12.8. The number of fused-ring (bicyclic) bond motifs is 1. The van der Waals surface area contributed by atoms with Crippen LogP contribution in [-0.2, 0) is 11.2 Å². The lowest BCUT2D eigenvalue weighted by Gasteiger charge is -2.34. The summed E-state index contributed by atoms with van der Waals surface area (Å²) in [6.45, 7) is 4.15. The van der Waals surface area contributed by atoms with Gasteiger partial charge in [-0.1, -0.05) is 18.2 Å². The molecule has 0 bridgehead atoms. The molecule has 1 saturated heterocycles. The fourth-order valence-electron chi connectivity index (χ4n) is 3.54. The van der Waals surface area contributed by atoms with E-state index in [9.17, 15) is 9.59 Å². The maximum absolute atomic E-state index is 12.8. The highest BCUT2D eigenvalue weighted by Crippen LogP contribution is 2.23. The van der Waals surface area contributed by atoms with Crippen LogP contribution in [0.25, 0.3) is 10.9 Å². The Balaban J connectivity index is 1.41. The predicted molar refractivity (Wildman–Crippen MR) is 97.9 cm³/mol. The van der Waals surface area contributed by atoms with Gasteiger partial charge in [-0.05, 0) is 30.7 Å². The second kappa shape index (κ2) is 6.71. The van der Waals surface area contributed by atoms with Crippen LogP contribution < -0.4 is 0 Å². The summed E-state index contributed by atoms with van der Waals surface area (Å²) in [4.78, 5) is 32.0. The summed E-state index contributed by atoms with van der Waals surface area (Å²) in [6.07, 6.45) is 1.87. The molecule has 134 valence electrons. The van der Waals surface area contributed by atoms with Crippen molar-refractivity contribution in [1.82, 2.24) is 14.8 Å². The molecule has 0 unspecified atom stereocenters. The molecule has 1 aromatic carbocycles. The Labute approximate surface area is 151 Å². The number of amides is 2. The number of hydrogen-bond acceptors (Lipinski definition) is 3. The molecule has 3 aromatic rings. The SMILES string of the molecule is Cc1[nH]c2ccccc2c1CC(=O)N1CCN(C(=O)c2ccco2)CC1. The summed E-state index contributed by atoms with van der Waals surface area (Å²) in [5, 5.41) is 1.10. The van der Waals surface area contributed by atoms with Crippen LogP contribution in [-0.4, -0.2) is 52.8 Å². The van der Waals surface area contributed by atoms with Crippen molar-refractivity contribution < 1.29 is 14.0 Å². The number of carbonyl (C=O) groups excluding carboxylic acids is 2. The average Bonchev–Trinajstić information content (AvgIpc) is 3.30. The Morgan fingerprint density at radius 3 is 2.50 bits per heavy atom. The molecule has 0 atom stereocenters. The predicted octanol–water partition coefficient (Wildman–Crippen LogP) is 2.60. The van der Waals surface area contributed by atoms with Gasteiger partial charge < -0.3 is 19.2 Å². The quantitative estimate of drug-likeness (QED) is 0.788. The first-order valence-electron chi connectivity index (χ1n) is 8.80. The van der Waals surface area contributed by atoms with E-state index < -0.39 is 0 Å². The van der Waals surface area contributed by atoms with E-state index in [1.54, 1.807) is 17.0 Å². The number of piperazine rings is 1. The summed E-state index contributed by atoms with van der Waals surface area (Å²) in [6, 6.07) is 11.4. The van der Waals surface area contributed by atoms with Gasteiger partial charge in [0.15, 0.2) is 5.76 Å². The van der Waals surface area contributed by atoms with E-state index in [0.29, 0.717) is 38.4 Å². The van der Waals surface area contributed by atoms with Crippen molar-refractivity contribution in [3.63, 3.8) is 0 Å². The van der Waals surface area contributed by atoms with Gasteiger partial charge in [0.2, 0.25) is 5.91 Å². The first-order chi connectivity index (χ1) is 12.6. The zero-order valence-corrected chi connectivity index (χ0v) is 14.7. The maximum Gasteiger partial charge on any atom is 0.289 e. The van der Waals surface area contributed by atoms with Crippen LogP contribution in [0.4, 0.5) is 0 Å². The molecule has 4 rings (SSSR count). The third-order valence-corrected chi connectivity index (χ3v) is 5.01. The van der Waals surface area contributed by atoms with Crippen LogP contribution in [0, 0.1) is 6.92 Å². The van der Waals surface area contributed by atoms with E-state index in [1.807, 2.05) is 36.1 Å². The zero-order valence-electron chi connectivity index (χ0n) is 14.7. The van der Waals surface area contributed by atoms with Gasteiger partial charge in [-0.3, -0.25) is 9.59 Å². The number of carbonyl (C=O) groups is 2. The van der Waals surface area contributed by atoms with E-state index in [-0.39, 0.29) is 11.8 Å². The van der Waals surface area contributed by atoms with Gasteiger partial charge in [-0.2, -0.15) is 0 Å². The van der Waals surface area contributed by atoms with E-state index in [0.717, 1.165) is 22.2 Å². The van der Waals surface area contributed by atoms with Crippen LogP contribution >= 0.6 is 0 Å². The van der Waals surface area contributed by atoms with Gasteiger partial charge in [0.05, 0.1) is 12.7 Å². The molecule has 1 fully saturated rings. The van der Waals surface area contributed by atoms with Crippen LogP contribution in [0.2, 0.25) is 0 Å². The van der Waals surface area contributed by atoms with Gasteiger partial charge in [0.1, 0.15) is 0 Å². The Morgan fingerprint density at radius 2 is 1.77 bits per heavy atom. The highest BCUT2D eigenvalue weighted by atomic mass is 16.3. The number of aromatic nitrogens is 1. The fraction of sp³-hybridized carbons (Fsp3) is 0.300. The van der Waals surface area contributed by atoms with E-state index in [1.165, 1.54) is 6.26 Å². The number of aromatic amines is 1. The molecule has 3 heterocycles. The lowest BCUT2D eigenvalue weighted by molar-refractivity contribution is -0.131. The molecule has 1 aliphatic heterocycles. The summed E-state index contributed by atoms with van der Waals surface area (Å²) in [7, 11) is 0. The molecular weight excluding hydrogens is 330 g/mol. The summed E-state index contributed by atoms with van der Waals surface area (Å²) in [5.74, 6) is 0.330. The van der Waals surface area contributed by atoms with Crippen molar-refractivity contribution in [2.45, 2.75) is 13.3 Å². The minimum Gasteiger partial charge on any atom is -0.459 e. The van der Waals surface area contributed by atoms with Crippen molar-refractivity contribution >= 4 is 22.7 Å². The lowest BCUT2D eigenvalue weighted by atomic mass is 10.1. The number of nitrogens with one attached hydrogen (secondary N) is 1. The Kier molecular flexibility index (Phi) is 4.24. The normalized spacial score (nSPS) is 14.8. The van der Waals surface area contributed by atoms with Gasteiger partial charge in [-0.15, -0.1) is 0 Å². The Hall–Kier alpha value is -3.02. The number of benzene rings is 1. The van der Waals surface area contributed by atoms with E-state index in [2.05, 4.69) is 4.98 Å². The zero-order chi connectivity index (χ0) is 18.1. The molecule has 26 heavy (non-hydrogen) atoms. The fourth-order valence-corrected chi connectivity index (χ4v) is 3.54. The van der Waals surface area contributed by atoms with Crippen molar-refractivity contribution in [2.24, 2.45) is 0 Å².